The number of anilines is 1. The Bertz CT molecular complexity index is 514. The smallest absolute Gasteiger partial charge is 0.226 e. The molecule has 0 aromatic carbocycles. The maximum atomic E-state index is 9.09. The fraction of sp³-hybridized carbons (Fsp3) is 0.500. The summed E-state index contributed by atoms with van der Waals surface area (Å²) in [5.74, 6) is 0.743. The Hall–Kier alpha value is -1.40. The highest BCUT2D eigenvalue weighted by Crippen LogP contribution is 2.21. The van der Waals surface area contributed by atoms with E-state index < -0.39 is 0 Å². The number of hydrogen-bond donors (Lipinski definition) is 3. The van der Waals surface area contributed by atoms with Gasteiger partial charge in [-0.2, -0.15) is 15.1 Å². The van der Waals surface area contributed by atoms with E-state index >= 15 is 0 Å². The minimum Gasteiger partial charge on any atom is -0.396 e. The van der Waals surface area contributed by atoms with Crippen molar-refractivity contribution in [2.45, 2.75) is 19.9 Å². The molecule has 2 aromatic rings. The topological polar surface area (TPSA) is 86.7 Å². The van der Waals surface area contributed by atoms with Crippen LogP contribution in [-0.4, -0.2) is 37.9 Å². The van der Waals surface area contributed by atoms with E-state index in [9.17, 15) is 0 Å². The van der Waals surface area contributed by atoms with Gasteiger partial charge in [0.25, 0.3) is 0 Å². The molecule has 92 valence electrons. The van der Waals surface area contributed by atoms with Crippen LogP contribution in [0.1, 0.15) is 13.8 Å². The highest BCUT2D eigenvalue weighted by molar-refractivity contribution is 6.28. The number of halogens is 1. The summed E-state index contributed by atoms with van der Waals surface area (Å²) in [5.41, 5.74) is 0.594. The predicted molar refractivity (Wildman–Crippen MR) is 66.0 cm³/mol. The molecule has 7 heteroatoms. The lowest BCUT2D eigenvalue weighted by Gasteiger charge is -2.20. The Labute approximate surface area is 103 Å². The van der Waals surface area contributed by atoms with Crippen LogP contribution in [0.5, 0.6) is 0 Å². The fourth-order valence-electron chi connectivity index (χ4n) is 1.43. The maximum absolute atomic E-state index is 9.09. The van der Waals surface area contributed by atoms with Gasteiger partial charge < -0.3 is 10.4 Å². The highest BCUT2D eigenvalue weighted by atomic mass is 35.5. The molecule has 0 bridgehead atoms. The van der Waals surface area contributed by atoms with Gasteiger partial charge >= 0.3 is 0 Å². The average molecular weight is 256 g/mol. The summed E-state index contributed by atoms with van der Waals surface area (Å²) in [6, 6.07) is 0.0732. The Morgan fingerprint density at radius 3 is 2.94 bits per heavy atom. The zero-order valence-corrected chi connectivity index (χ0v) is 10.4. The Kier molecular flexibility index (Phi) is 3.44. The van der Waals surface area contributed by atoms with Gasteiger partial charge in [-0.1, -0.05) is 6.92 Å². The molecular weight excluding hydrogens is 242 g/mol. The van der Waals surface area contributed by atoms with Crippen molar-refractivity contribution in [3.8, 4) is 0 Å². The first kappa shape index (κ1) is 12.1. The molecule has 2 rings (SSSR count). The number of aliphatic hydroxyl groups excluding tert-OH is 1. The first-order valence-corrected chi connectivity index (χ1v) is 5.73. The third-order valence-corrected chi connectivity index (χ3v) is 2.96. The number of nitrogens with one attached hydrogen (secondary N) is 2. The number of hydrogen-bond acceptors (Lipinski definition) is 5. The largest absolute Gasteiger partial charge is 0.396 e. The van der Waals surface area contributed by atoms with Crippen LogP contribution in [0.3, 0.4) is 0 Å². The monoisotopic (exact) mass is 255 g/mol. The van der Waals surface area contributed by atoms with E-state index in [1.807, 2.05) is 13.8 Å². The summed E-state index contributed by atoms with van der Waals surface area (Å²) in [6.45, 7) is 4.04. The van der Waals surface area contributed by atoms with Gasteiger partial charge in [0.15, 0.2) is 5.65 Å². The number of aromatic amines is 1. The molecule has 3 N–H and O–H groups in total. The lowest BCUT2D eigenvalue weighted by atomic mass is 10.1. The number of fused-ring (bicyclic) bond motifs is 1. The number of nitrogens with zero attached hydrogens (tertiary/aromatic N) is 3. The van der Waals surface area contributed by atoms with Gasteiger partial charge in [-0.3, -0.25) is 5.10 Å². The van der Waals surface area contributed by atoms with Crippen molar-refractivity contribution in [2.24, 2.45) is 5.92 Å². The highest BCUT2D eigenvalue weighted by Gasteiger charge is 2.15. The van der Waals surface area contributed by atoms with Gasteiger partial charge in [0.05, 0.1) is 11.6 Å². The van der Waals surface area contributed by atoms with E-state index in [0.29, 0.717) is 11.5 Å². The van der Waals surface area contributed by atoms with Crippen LogP contribution < -0.4 is 5.32 Å². The molecule has 17 heavy (non-hydrogen) atoms. The Balaban J connectivity index is 2.31. The second-order valence-corrected chi connectivity index (χ2v) is 4.40. The number of aromatic nitrogens is 4. The van der Waals surface area contributed by atoms with Crippen LogP contribution in [0, 0.1) is 5.92 Å². The first-order chi connectivity index (χ1) is 8.11. The zero-order valence-electron chi connectivity index (χ0n) is 9.61. The van der Waals surface area contributed by atoms with Crippen LogP contribution >= 0.6 is 11.6 Å². The average Bonchev–Trinajstić information content (AvgIpc) is 2.75. The predicted octanol–water partition coefficient (Wildman–Crippen LogP) is 1.44. The molecule has 0 aliphatic heterocycles. The minimum atomic E-state index is 0.0732. The molecule has 2 aromatic heterocycles. The van der Waals surface area contributed by atoms with Crippen LogP contribution in [0.15, 0.2) is 6.20 Å². The van der Waals surface area contributed by atoms with Crippen LogP contribution in [0.4, 0.5) is 5.82 Å². The lowest BCUT2D eigenvalue weighted by Crippen LogP contribution is -2.26. The fourth-order valence-corrected chi connectivity index (χ4v) is 1.60. The Morgan fingerprint density at radius 2 is 2.24 bits per heavy atom. The SMILES string of the molecule is CC(CO)C(C)Nc1nc(Cl)nc2[nH]ncc12. The second-order valence-electron chi connectivity index (χ2n) is 4.07. The van der Waals surface area contributed by atoms with Crippen molar-refractivity contribution in [3.05, 3.63) is 11.5 Å². The molecule has 0 amide bonds. The standard InChI is InChI=1S/C10H14ClN5O/c1-5(4-17)6(2)13-8-7-3-12-16-9(7)15-10(11)14-8/h3,5-6,17H,4H2,1-2H3,(H2,12,13,14,15,16). The summed E-state index contributed by atoms with van der Waals surface area (Å²) in [5, 5.41) is 19.9. The van der Waals surface area contributed by atoms with Gasteiger partial charge in [-0.25, -0.2) is 0 Å². The molecule has 0 spiro atoms. The van der Waals surface area contributed by atoms with E-state index in [1.54, 1.807) is 6.20 Å². The van der Waals surface area contributed by atoms with Crippen LogP contribution in [0.2, 0.25) is 5.28 Å². The first-order valence-electron chi connectivity index (χ1n) is 5.36. The van der Waals surface area contributed by atoms with Crippen molar-refractivity contribution in [2.75, 3.05) is 11.9 Å². The van der Waals surface area contributed by atoms with E-state index in [2.05, 4.69) is 25.5 Å². The maximum Gasteiger partial charge on any atom is 0.226 e. The molecule has 0 radical (unpaired) electrons. The minimum absolute atomic E-state index is 0.0732. The third-order valence-electron chi connectivity index (χ3n) is 2.79. The third kappa shape index (κ3) is 2.48. The summed E-state index contributed by atoms with van der Waals surface area (Å²) in [7, 11) is 0. The van der Waals surface area contributed by atoms with Crippen molar-refractivity contribution < 1.29 is 5.11 Å². The summed E-state index contributed by atoms with van der Waals surface area (Å²) in [6.07, 6.45) is 1.64. The molecule has 0 aliphatic rings. The molecule has 2 unspecified atom stereocenters. The second kappa shape index (κ2) is 4.85. The van der Waals surface area contributed by atoms with Gasteiger partial charge in [0, 0.05) is 12.6 Å². The van der Waals surface area contributed by atoms with E-state index in [-0.39, 0.29) is 23.9 Å². The quantitative estimate of drug-likeness (QED) is 0.720. The summed E-state index contributed by atoms with van der Waals surface area (Å²) in [4.78, 5) is 8.15. The van der Waals surface area contributed by atoms with Gasteiger partial charge in [0.2, 0.25) is 5.28 Å². The zero-order chi connectivity index (χ0) is 12.4. The van der Waals surface area contributed by atoms with Crippen LogP contribution in [0.25, 0.3) is 11.0 Å². The number of aliphatic hydroxyl groups is 1. The van der Waals surface area contributed by atoms with Crippen molar-refractivity contribution in [3.63, 3.8) is 0 Å². The van der Waals surface area contributed by atoms with Crippen LogP contribution in [-0.2, 0) is 0 Å². The number of H-pyrrole nitrogens is 1. The van der Waals surface area contributed by atoms with Gasteiger partial charge in [-0.05, 0) is 24.4 Å². The van der Waals surface area contributed by atoms with Crippen molar-refractivity contribution in [1.29, 1.82) is 0 Å². The van der Waals surface area contributed by atoms with E-state index in [1.165, 1.54) is 0 Å². The summed E-state index contributed by atoms with van der Waals surface area (Å²) >= 11 is 5.82. The van der Waals surface area contributed by atoms with Gasteiger partial charge in [0.1, 0.15) is 5.82 Å². The molecule has 2 heterocycles. The summed E-state index contributed by atoms with van der Waals surface area (Å²) < 4.78 is 0. The normalized spacial score (nSPS) is 14.8. The number of rotatable bonds is 4. The molecule has 0 saturated carbocycles. The molecule has 2 atom stereocenters. The van der Waals surface area contributed by atoms with Gasteiger partial charge in [-0.15, -0.1) is 0 Å². The molecule has 0 saturated heterocycles. The lowest BCUT2D eigenvalue weighted by molar-refractivity contribution is 0.226. The molecule has 6 nitrogen and oxygen atoms in total. The molecule has 0 aliphatic carbocycles. The van der Waals surface area contributed by atoms with Crippen molar-refractivity contribution >= 4 is 28.5 Å². The molecular formula is C10H14ClN5O. The molecule has 0 fully saturated rings. The Morgan fingerprint density at radius 1 is 1.47 bits per heavy atom. The van der Waals surface area contributed by atoms with E-state index in [4.69, 9.17) is 16.7 Å². The van der Waals surface area contributed by atoms with E-state index in [0.717, 1.165) is 5.39 Å². The van der Waals surface area contributed by atoms with Crippen molar-refractivity contribution in [1.82, 2.24) is 20.2 Å².